The molecule has 2 aromatic carbocycles. The molecule has 1 aliphatic rings. The molecule has 0 amide bonds. The first-order valence-electron chi connectivity index (χ1n) is 8.72. The lowest BCUT2D eigenvalue weighted by atomic mass is 10.00. The Bertz CT molecular complexity index is 896. The number of ether oxygens (including phenoxy) is 1. The van der Waals surface area contributed by atoms with Crippen molar-refractivity contribution in [2.45, 2.75) is 24.2 Å². The number of carbonyl (C=O) groups excluding carboxylic acids is 1. The summed E-state index contributed by atoms with van der Waals surface area (Å²) in [5, 5.41) is 21.3. The first kappa shape index (κ1) is 20.8. The summed E-state index contributed by atoms with van der Waals surface area (Å²) in [4.78, 5) is 23.5. The quantitative estimate of drug-likeness (QED) is 0.658. The van der Waals surface area contributed by atoms with Gasteiger partial charge in [-0.05, 0) is 35.4 Å². The molecule has 29 heavy (non-hydrogen) atoms. The SMILES string of the molecule is O=C(O[C@@]1(CO)CN[C@H](C(=O)O)C1)c1ccc(-c2ccc(C(F)(F)F)cc2)cc1. The Kier molecular flexibility index (Phi) is 5.63. The fraction of sp³-hybridized carbons (Fsp3) is 0.300. The highest BCUT2D eigenvalue weighted by molar-refractivity contribution is 5.90. The number of aliphatic hydroxyl groups is 1. The Labute approximate surface area is 163 Å². The van der Waals surface area contributed by atoms with E-state index < -0.39 is 41.9 Å². The van der Waals surface area contributed by atoms with Crippen LogP contribution < -0.4 is 5.32 Å². The molecule has 3 N–H and O–H groups in total. The van der Waals surface area contributed by atoms with Gasteiger partial charge in [-0.3, -0.25) is 4.79 Å². The third-order valence-corrected chi connectivity index (χ3v) is 4.81. The van der Waals surface area contributed by atoms with Gasteiger partial charge in [-0.25, -0.2) is 4.79 Å². The third kappa shape index (κ3) is 4.57. The van der Waals surface area contributed by atoms with E-state index in [1.807, 2.05) is 0 Å². The molecule has 3 rings (SSSR count). The van der Waals surface area contributed by atoms with E-state index in [-0.39, 0.29) is 18.5 Å². The van der Waals surface area contributed by atoms with Crippen LogP contribution in [-0.2, 0) is 15.7 Å². The number of carboxylic acids is 1. The fourth-order valence-electron chi connectivity index (χ4n) is 3.14. The van der Waals surface area contributed by atoms with E-state index in [4.69, 9.17) is 9.84 Å². The van der Waals surface area contributed by atoms with Gasteiger partial charge < -0.3 is 20.3 Å². The number of rotatable bonds is 5. The van der Waals surface area contributed by atoms with Crippen molar-refractivity contribution in [2.24, 2.45) is 0 Å². The number of benzene rings is 2. The Morgan fingerprint density at radius 3 is 2.07 bits per heavy atom. The second-order valence-corrected chi connectivity index (χ2v) is 6.86. The van der Waals surface area contributed by atoms with Gasteiger partial charge in [0.15, 0.2) is 0 Å². The summed E-state index contributed by atoms with van der Waals surface area (Å²) in [6, 6.07) is 9.77. The highest BCUT2D eigenvalue weighted by Gasteiger charge is 2.44. The highest BCUT2D eigenvalue weighted by atomic mass is 19.4. The van der Waals surface area contributed by atoms with Crippen molar-refractivity contribution in [1.29, 1.82) is 0 Å². The molecule has 0 radical (unpaired) electrons. The van der Waals surface area contributed by atoms with Crippen LogP contribution in [0.15, 0.2) is 48.5 Å². The number of alkyl halides is 3. The lowest BCUT2D eigenvalue weighted by Crippen LogP contribution is -2.41. The highest BCUT2D eigenvalue weighted by Crippen LogP contribution is 2.31. The van der Waals surface area contributed by atoms with Gasteiger partial charge >= 0.3 is 18.1 Å². The second kappa shape index (κ2) is 7.84. The zero-order valence-electron chi connectivity index (χ0n) is 15.1. The number of carboxylic acid groups (broad SMARTS) is 1. The molecule has 1 fully saturated rings. The fourth-order valence-corrected chi connectivity index (χ4v) is 3.14. The van der Waals surface area contributed by atoms with Crippen molar-refractivity contribution >= 4 is 11.9 Å². The molecule has 1 aliphatic heterocycles. The molecule has 2 aromatic rings. The normalized spacial score (nSPS) is 21.7. The summed E-state index contributed by atoms with van der Waals surface area (Å²) in [6.45, 7) is -0.519. The Hall–Kier alpha value is -2.91. The molecule has 0 unspecified atom stereocenters. The molecule has 2 atom stereocenters. The molecular formula is C20H18F3NO5. The number of halogens is 3. The number of nitrogens with one attached hydrogen (secondary N) is 1. The van der Waals surface area contributed by atoms with Crippen LogP contribution in [0.1, 0.15) is 22.3 Å². The Morgan fingerprint density at radius 2 is 1.62 bits per heavy atom. The van der Waals surface area contributed by atoms with E-state index in [1.165, 1.54) is 24.3 Å². The predicted molar refractivity (Wildman–Crippen MR) is 96.2 cm³/mol. The smallest absolute Gasteiger partial charge is 0.416 e. The van der Waals surface area contributed by atoms with Gasteiger partial charge in [-0.1, -0.05) is 24.3 Å². The lowest BCUT2D eigenvalue weighted by Gasteiger charge is -2.26. The number of aliphatic carboxylic acids is 1. The van der Waals surface area contributed by atoms with Crippen LogP contribution in [0, 0.1) is 0 Å². The number of carbonyl (C=O) groups is 2. The van der Waals surface area contributed by atoms with Crippen molar-refractivity contribution in [3.8, 4) is 11.1 Å². The van der Waals surface area contributed by atoms with E-state index in [0.717, 1.165) is 12.1 Å². The monoisotopic (exact) mass is 409 g/mol. The van der Waals surface area contributed by atoms with Crippen molar-refractivity contribution in [1.82, 2.24) is 5.32 Å². The Morgan fingerprint density at radius 1 is 1.07 bits per heavy atom. The van der Waals surface area contributed by atoms with Gasteiger partial charge in [0, 0.05) is 13.0 Å². The summed E-state index contributed by atoms with van der Waals surface area (Å²) in [7, 11) is 0. The van der Waals surface area contributed by atoms with Crippen LogP contribution in [0.25, 0.3) is 11.1 Å². The summed E-state index contributed by atoms with van der Waals surface area (Å²) in [6.07, 6.45) is -4.47. The van der Waals surface area contributed by atoms with E-state index in [0.29, 0.717) is 11.1 Å². The molecule has 154 valence electrons. The standard InChI is InChI=1S/C20H18F3NO5/c21-20(22,23)15-7-5-13(6-8-15)12-1-3-14(4-2-12)18(28)29-19(11-25)9-16(17(26)27)24-10-19/h1-8,16,24-25H,9-11H2,(H,26,27)/t16-,19+/m0/s1. The maximum atomic E-state index is 12.7. The van der Waals surface area contributed by atoms with E-state index in [2.05, 4.69) is 5.32 Å². The topological polar surface area (TPSA) is 95.9 Å². The van der Waals surface area contributed by atoms with Gasteiger partial charge in [-0.2, -0.15) is 13.2 Å². The summed E-state index contributed by atoms with van der Waals surface area (Å²) in [5.74, 6) is -1.83. The van der Waals surface area contributed by atoms with E-state index in [9.17, 15) is 27.9 Å². The van der Waals surface area contributed by atoms with Crippen LogP contribution in [-0.4, -0.2) is 46.9 Å². The average molecular weight is 409 g/mol. The number of esters is 1. The third-order valence-electron chi connectivity index (χ3n) is 4.81. The summed E-state index contributed by atoms with van der Waals surface area (Å²) in [5.41, 5.74) is -0.741. The maximum absolute atomic E-state index is 12.7. The minimum absolute atomic E-state index is 0.00977. The molecular weight excluding hydrogens is 391 g/mol. The first-order chi connectivity index (χ1) is 13.6. The minimum Gasteiger partial charge on any atom is -0.480 e. The zero-order valence-corrected chi connectivity index (χ0v) is 15.1. The van der Waals surface area contributed by atoms with E-state index in [1.54, 1.807) is 12.1 Å². The second-order valence-electron chi connectivity index (χ2n) is 6.86. The van der Waals surface area contributed by atoms with Crippen LogP contribution in [0.2, 0.25) is 0 Å². The largest absolute Gasteiger partial charge is 0.480 e. The van der Waals surface area contributed by atoms with Crippen LogP contribution in [0.5, 0.6) is 0 Å². The van der Waals surface area contributed by atoms with Crippen molar-refractivity contribution in [3.05, 3.63) is 59.7 Å². The number of aliphatic hydroxyl groups excluding tert-OH is 1. The predicted octanol–water partition coefficient (Wildman–Crippen LogP) is 2.71. The molecule has 0 aromatic heterocycles. The first-order valence-corrected chi connectivity index (χ1v) is 8.72. The van der Waals surface area contributed by atoms with Gasteiger partial charge in [0.2, 0.25) is 0 Å². The molecule has 1 saturated heterocycles. The maximum Gasteiger partial charge on any atom is 0.416 e. The molecule has 6 nitrogen and oxygen atoms in total. The summed E-state index contributed by atoms with van der Waals surface area (Å²) < 4.78 is 43.3. The molecule has 0 aliphatic carbocycles. The molecule has 1 heterocycles. The lowest BCUT2D eigenvalue weighted by molar-refractivity contribution is -0.140. The van der Waals surface area contributed by atoms with Gasteiger partial charge in [0.25, 0.3) is 0 Å². The van der Waals surface area contributed by atoms with Crippen LogP contribution in [0.3, 0.4) is 0 Å². The van der Waals surface area contributed by atoms with E-state index >= 15 is 0 Å². The molecule has 9 heteroatoms. The molecule has 0 spiro atoms. The zero-order chi connectivity index (χ0) is 21.2. The van der Waals surface area contributed by atoms with Gasteiger partial charge in [-0.15, -0.1) is 0 Å². The van der Waals surface area contributed by atoms with Crippen LogP contribution >= 0.6 is 0 Å². The molecule has 0 bridgehead atoms. The summed E-state index contributed by atoms with van der Waals surface area (Å²) >= 11 is 0. The van der Waals surface area contributed by atoms with Gasteiger partial charge in [0.1, 0.15) is 11.6 Å². The van der Waals surface area contributed by atoms with Crippen molar-refractivity contribution in [2.75, 3.05) is 13.2 Å². The van der Waals surface area contributed by atoms with Crippen molar-refractivity contribution < 1.29 is 37.7 Å². The number of hydrogen-bond acceptors (Lipinski definition) is 5. The average Bonchev–Trinajstić information content (AvgIpc) is 3.12. The molecule has 0 saturated carbocycles. The van der Waals surface area contributed by atoms with Gasteiger partial charge in [0.05, 0.1) is 17.7 Å². The Balaban J connectivity index is 1.71. The van der Waals surface area contributed by atoms with Crippen LogP contribution in [0.4, 0.5) is 13.2 Å². The number of hydrogen-bond donors (Lipinski definition) is 3. The minimum atomic E-state index is -4.41. The van der Waals surface area contributed by atoms with Crippen molar-refractivity contribution in [3.63, 3.8) is 0 Å².